The van der Waals surface area contributed by atoms with Gasteiger partial charge < -0.3 is 4.74 Å². The largest absolute Gasteiger partial charge is 0.494 e. The van der Waals surface area contributed by atoms with E-state index in [0.717, 1.165) is 15.7 Å². The summed E-state index contributed by atoms with van der Waals surface area (Å²) >= 11 is 2.36. The zero-order chi connectivity index (χ0) is 9.97. The molecular formula is C11H10INO. The first-order chi connectivity index (χ1) is 6.86. The van der Waals surface area contributed by atoms with Crippen LogP contribution in [-0.4, -0.2) is 12.1 Å². The van der Waals surface area contributed by atoms with Gasteiger partial charge in [-0.15, -0.1) is 0 Å². The number of fused-ring (bicyclic) bond motifs is 1. The number of methoxy groups -OCH3 is 1. The lowest BCUT2D eigenvalue weighted by molar-refractivity contribution is 0.419. The van der Waals surface area contributed by atoms with Crippen molar-refractivity contribution in [2.75, 3.05) is 7.11 Å². The molecule has 0 radical (unpaired) electrons. The van der Waals surface area contributed by atoms with Gasteiger partial charge in [-0.05, 0) is 17.7 Å². The standard InChI is InChI=1S/C11H10INO/c1-14-10-5-4-8(7-12)9-3-2-6-13-11(9)10/h2-6H,7H2,1H3. The van der Waals surface area contributed by atoms with Crippen molar-refractivity contribution in [1.82, 2.24) is 4.98 Å². The number of pyridine rings is 1. The Bertz CT molecular complexity index is 413. The fourth-order valence-corrected chi connectivity index (χ4v) is 2.15. The summed E-state index contributed by atoms with van der Waals surface area (Å²) in [6.07, 6.45) is 1.79. The lowest BCUT2D eigenvalue weighted by Crippen LogP contribution is -1.90. The first-order valence-corrected chi connectivity index (χ1v) is 5.86. The van der Waals surface area contributed by atoms with Crippen molar-refractivity contribution in [3.05, 3.63) is 36.0 Å². The van der Waals surface area contributed by atoms with Gasteiger partial charge in [0.25, 0.3) is 0 Å². The molecule has 3 heteroatoms. The quantitative estimate of drug-likeness (QED) is 0.627. The third kappa shape index (κ3) is 1.56. The molecule has 0 spiro atoms. The van der Waals surface area contributed by atoms with Crippen molar-refractivity contribution >= 4 is 33.5 Å². The van der Waals surface area contributed by atoms with Gasteiger partial charge in [-0.25, -0.2) is 0 Å². The molecule has 0 bridgehead atoms. The van der Waals surface area contributed by atoms with E-state index in [9.17, 15) is 0 Å². The Morgan fingerprint density at radius 2 is 2.21 bits per heavy atom. The SMILES string of the molecule is COc1ccc(CI)c2cccnc12. The molecule has 0 amide bonds. The molecule has 0 atom stereocenters. The predicted octanol–water partition coefficient (Wildman–Crippen LogP) is 3.18. The minimum Gasteiger partial charge on any atom is -0.494 e. The highest BCUT2D eigenvalue weighted by atomic mass is 127. The fraction of sp³-hybridized carbons (Fsp3) is 0.182. The first-order valence-electron chi connectivity index (χ1n) is 4.33. The number of hydrogen-bond acceptors (Lipinski definition) is 2. The minimum absolute atomic E-state index is 0.842. The number of benzene rings is 1. The highest BCUT2D eigenvalue weighted by Crippen LogP contribution is 2.27. The summed E-state index contributed by atoms with van der Waals surface area (Å²) in [6, 6.07) is 8.11. The molecule has 0 fully saturated rings. The molecule has 0 saturated heterocycles. The van der Waals surface area contributed by atoms with Gasteiger partial charge in [0.1, 0.15) is 11.3 Å². The van der Waals surface area contributed by atoms with Crippen LogP contribution in [0.1, 0.15) is 5.56 Å². The van der Waals surface area contributed by atoms with E-state index in [1.807, 2.05) is 12.1 Å². The van der Waals surface area contributed by atoms with E-state index in [1.54, 1.807) is 13.3 Å². The molecular weight excluding hydrogens is 289 g/mol. The molecule has 0 N–H and O–H groups in total. The van der Waals surface area contributed by atoms with E-state index in [-0.39, 0.29) is 0 Å². The summed E-state index contributed by atoms with van der Waals surface area (Å²) in [5.74, 6) is 0.842. The maximum absolute atomic E-state index is 5.26. The topological polar surface area (TPSA) is 22.1 Å². The van der Waals surface area contributed by atoms with Gasteiger partial charge in [-0.1, -0.05) is 34.7 Å². The van der Waals surface area contributed by atoms with Gasteiger partial charge in [0, 0.05) is 16.0 Å². The second-order valence-corrected chi connectivity index (χ2v) is 3.72. The highest BCUT2D eigenvalue weighted by Gasteiger charge is 2.05. The summed E-state index contributed by atoms with van der Waals surface area (Å²) in [6.45, 7) is 0. The van der Waals surface area contributed by atoms with E-state index < -0.39 is 0 Å². The molecule has 0 aliphatic rings. The van der Waals surface area contributed by atoms with Gasteiger partial charge in [0.2, 0.25) is 0 Å². The average Bonchev–Trinajstić information content (AvgIpc) is 2.27. The lowest BCUT2D eigenvalue weighted by atomic mass is 10.1. The van der Waals surface area contributed by atoms with Crippen LogP contribution in [0.4, 0.5) is 0 Å². The van der Waals surface area contributed by atoms with Crippen LogP contribution in [0.3, 0.4) is 0 Å². The van der Waals surface area contributed by atoms with Crippen LogP contribution in [0.5, 0.6) is 5.75 Å². The maximum Gasteiger partial charge on any atom is 0.145 e. The first kappa shape index (κ1) is 9.71. The minimum atomic E-state index is 0.842. The molecule has 2 aromatic rings. The zero-order valence-electron chi connectivity index (χ0n) is 7.83. The number of rotatable bonds is 2. The van der Waals surface area contributed by atoms with Crippen molar-refractivity contribution < 1.29 is 4.74 Å². The van der Waals surface area contributed by atoms with Crippen LogP contribution in [0.15, 0.2) is 30.5 Å². The van der Waals surface area contributed by atoms with Crippen molar-refractivity contribution in [3.8, 4) is 5.75 Å². The smallest absolute Gasteiger partial charge is 0.145 e. The molecule has 1 heterocycles. The Hall–Kier alpha value is -0.840. The van der Waals surface area contributed by atoms with Crippen molar-refractivity contribution in [2.24, 2.45) is 0 Å². The van der Waals surface area contributed by atoms with Gasteiger partial charge in [-0.3, -0.25) is 4.98 Å². The van der Waals surface area contributed by atoms with Crippen LogP contribution in [0.25, 0.3) is 10.9 Å². The van der Waals surface area contributed by atoms with E-state index in [2.05, 4.69) is 39.7 Å². The third-order valence-electron chi connectivity index (χ3n) is 2.19. The van der Waals surface area contributed by atoms with E-state index in [4.69, 9.17) is 4.74 Å². The number of alkyl halides is 1. The molecule has 1 aromatic carbocycles. The zero-order valence-corrected chi connectivity index (χ0v) is 9.98. The molecule has 0 aliphatic carbocycles. The molecule has 1 aromatic heterocycles. The Morgan fingerprint density at radius 1 is 1.36 bits per heavy atom. The van der Waals surface area contributed by atoms with Gasteiger partial charge in [-0.2, -0.15) is 0 Å². The number of ether oxygens (including phenoxy) is 1. The van der Waals surface area contributed by atoms with E-state index in [1.165, 1.54) is 10.9 Å². The lowest BCUT2D eigenvalue weighted by Gasteiger charge is -2.07. The third-order valence-corrected chi connectivity index (χ3v) is 3.01. The predicted molar refractivity (Wildman–Crippen MR) is 66.0 cm³/mol. The van der Waals surface area contributed by atoms with Crippen molar-refractivity contribution in [2.45, 2.75) is 4.43 Å². The maximum atomic E-state index is 5.26. The van der Waals surface area contributed by atoms with Crippen LogP contribution >= 0.6 is 22.6 Å². The Morgan fingerprint density at radius 3 is 2.93 bits per heavy atom. The van der Waals surface area contributed by atoms with Crippen molar-refractivity contribution in [1.29, 1.82) is 0 Å². The Labute approximate surface area is 96.4 Å². The number of aromatic nitrogens is 1. The molecule has 2 rings (SSSR count). The number of halogens is 1. The molecule has 2 nitrogen and oxygen atoms in total. The summed E-state index contributed by atoms with van der Waals surface area (Å²) in [4.78, 5) is 4.33. The second kappa shape index (κ2) is 4.13. The number of nitrogens with zero attached hydrogens (tertiary/aromatic N) is 1. The monoisotopic (exact) mass is 299 g/mol. The summed E-state index contributed by atoms with van der Waals surface area (Å²) < 4.78 is 6.25. The van der Waals surface area contributed by atoms with Crippen LogP contribution in [0, 0.1) is 0 Å². The van der Waals surface area contributed by atoms with E-state index >= 15 is 0 Å². The van der Waals surface area contributed by atoms with Crippen LogP contribution < -0.4 is 4.74 Å². The normalized spacial score (nSPS) is 10.4. The molecule has 0 aliphatic heterocycles. The average molecular weight is 299 g/mol. The fourth-order valence-electron chi connectivity index (χ4n) is 1.49. The summed E-state index contributed by atoms with van der Waals surface area (Å²) in [7, 11) is 1.67. The van der Waals surface area contributed by atoms with Crippen LogP contribution in [-0.2, 0) is 4.43 Å². The van der Waals surface area contributed by atoms with Crippen molar-refractivity contribution in [3.63, 3.8) is 0 Å². The summed E-state index contributed by atoms with van der Waals surface area (Å²) in [5.41, 5.74) is 2.25. The van der Waals surface area contributed by atoms with Crippen LogP contribution in [0.2, 0.25) is 0 Å². The van der Waals surface area contributed by atoms with Gasteiger partial charge >= 0.3 is 0 Å². The second-order valence-electron chi connectivity index (χ2n) is 2.96. The molecule has 72 valence electrons. The molecule has 14 heavy (non-hydrogen) atoms. The molecule has 0 unspecified atom stereocenters. The Balaban J connectivity index is 2.78. The highest BCUT2D eigenvalue weighted by molar-refractivity contribution is 14.1. The van der Waals surface area contributed by atoms with Gasteiger partial charge in [0.05, 0.1) is 7.11 Å². The number of hydrogen-bond donors (Lipinski definition) is 0. The molecule has 0 saturated carbocycles. The van der Waals surface area contributed by atoms with Gasteiger partial charge in [0.15, 0.2) is 0 Å². The summed E-state index contributed by atoms with van der Waals surface area (Å²) in [5, 5.41) is 1.18. The Kier molecular flexibility index (Phi) is 2.86. The van der Waals surface area contributed by atoms with E-state index in [0.29, 0.717) is 0 Å².